The molecule has 2 N–H and O–H groups in total. The van der Waals surface area contributed by atoms with Crippen LogP contribution >= 0.6 is 11.3 Å². The number of amides is 2. The summed E-state index contributed by atoms with van der Waals surface area (Å²) in [4.78, 5) is 28.4. The highest BCUT2D eigenvalue weighted by Crippen LogP contribution is 2.20. The van der Waals surface area contributed by atoms with Gasteiger partial charge in [0.25, 0.3) is 5.91 Å². The third-order valence-electron chi connectivity index (χ3n) is 4.00. The fourth-order valence-corrected chi connectivity index (χ4v) is 3.13. The highest BCUT2D eigenvalue weighted by Gasteiger charge is 2.12. The second-order valence-electron chi connectivity index (χ2n) is 5.87. The Morgan fingerprint density at radius 2 is 2.00 bits per heavy atom. The molecule has 0 aliphatic carbocycles. The quantitative estimate of drug-likeness (QED) is 0.683. The summed E-state index contributed by atoms with van der Waals surface area (Å²) in [7, 11) is 0. The highest BCUT2D eigenvalue weighted by atomic mass is 32.1. The predicted octanol–water partition coefficient (Wildman–Crippen LogP) is 4.18. The molecule has 0 atom stereocenters. The lowest BCUT2D eigenvalue weighted by Crippen LogP contribution is -2.13. The third kappa shape index (κ3) is 4.37. The van der Waals surface area contributed by atoms with Gasteiger partial charge < -0.3 is 9.73 Å². The largest absolute Gasteiger partial charge is 0.459 e. The molecule has 2 heterocycles. The summed E-state index contributed by atoms with van der Waals surface area (Å²) in [6, 6.07) is 9.06. The molecule has 0 unspecified atom stereocenters. The third-order valence-corrected chi connectivity index (χ3v) is 4.81. The second-order valence-corrected chi connectivity index (χ2v) is 6.73. The maximum Gasteiger partial charge on any atom is 0.293 e. The van der Waals surface area contributed by atoms with Crippen molar-refractivity contribution in [2.24, 2.45) is 0 Å². The van der Waals surface area contributed by atoms with Gasteiger partial charge in [0.2, 0.25) is 5.91 Å². The molecular formula is C19H19N3O3S. The van der Waals surface area contributed by atoms with E-state index in [-0.39, 0.29) is 17.6 Å². The van der Waals surface area contributed by atoms with Crippen molar-refractivity contribution >= 4 is 34.0 Å². The minimum Gasteiger partial charge on any atom is -0.459 e. The number of carbonyl (C=O) groups excluding carboxylic acids is 2. The molecular weight excluding hydrogens is 350 g/mol. The highest BCUT2D eigenvalue weighted by molar-refractivity contribution is 7.13. The monoisotopic (exact) mass is 369 g/mol. The van der Waals surface area contributed by atoms with Crippen molar-refractivity contribution in [1.82, 2.24) is 4.98 Å². The minimum atomic E-state index is -0.344. The SMILES string of the molecule is Cc1cccc(NC(=O)CCc2csc(NC(=O)c3ccco3)n2)c1C. The number of aryl methyl sites for hydroxylation is 2. The first-order chi connectivity index (χ1) is 12.5. The van der Waals surface area contributed by atoms with Crippen LogP contribution in [0.1, 0.15) is 33.8 Å². The van der Waals surface area contributed by atoms with Gasteiger partial charge in [-0.1, -0.05) is 12.1 Å². The van der Waals surface area contributed by atoms with Crippen LogP contribution < -0.4 is 10.6 Å². The number of hydrogen-bond acceptors (Lipinski definition) is 5. The van der Waals surface area contributed by atoms with E-state index >= 15 is 0 Å². The van der Waals surface area contributed by atoms with Crippen molar-refractivity contribution in [3.8, 4) is 0 Å². The molecule has 0 saturated heterocycles. The molecule has 134 valence electrons. The standard InChI is InChI=1S/C19H19N3O3S/c1-12-5-3-6-15(13(12)2)21-17(23)9-8-14-11-26-19(20-14)22-18(24)16-7-4-10-25-16/h3-7,10-11H,8-9H2,1-2H3,(H,21,23)(H,20,22,24). The summed E-state index contributed by atoms with van der Waals surface area (Å²) in [6.07, 6.45) is 2.27. The van der Waals surface area contributed by atoms with E-state index in [0.29, 0.717) is 18.0 Å². The maximum absolute atomic E-state index is 12.2. The van der Waals surface area contributed by atoms with E-state index in [4.69, 9.17) is 4.42 Å². The number of nitrogens with zero attached hydrogens (tertiary/aromatic N) is 1. The Bertz CT molecular complexity index is 916. The van der Waals surface area contributed by atoms with Gasteiger partial charge in [-0.15, -0.1) is 11.3 Å². The van der Waals surface area contributed by atoms with Gasteiger partial charge in [0.1, 0.15) is 0 Å². The van der Waals surface area contributed by atoms with Gasteiger partial charge >= 0.3 is 0 Å². The van der Waals surface area contributed by atoms with Crippen molar-refractivity contribution in [2.75, 3.05) is 10.6 Å². The van der Waals surface area contributed by atoms with Gasteiger partial charge in [-0.25, -0.2) is 4.98 Å². The van der Waals surface area contributed by atoms with Crippen LogP contribution in [0.2, 0.25) is 0 Å². The first-order valence-electron chi connectivity index (χ1n) is 8.18. The lowest BCUT2D eigenvalue weighted by Gasteiger charge is -2.09. The van der Waals surface area contributed by atoms with Gasteiger partial charge in [-0.2, -0.15) is 0 Å². The van der Waals surface area contributed by atoms with E-state index in [1.807, 2.05) is 37.4 Å². The van der Waals surface area contributed by atoms with Crippen molar-refractivity contribution in [3.05, 3.63) is 64.6 Å². The van der Waals surface area contributed by atoms with E-state index in [2.05, 4.69) is 15.6 Å². The Labute approximate surface area is 155 Å². The van der Waals surface area contributed by atoms with Crippen LogP contribution in [0, 0.1) is 13.8 Å². The van der Waals surface area contributed by atoms with Gasteiger partial charge in [0.15, 0.2) is 10.9 Å². The molecule has 3 rings (SSSR count). The number of furan rings is 1. The minimum absolute atomic E-state index is 0.0622. The molecule has 0 saturated carbocycles. The predicted molar refractivity (Wildman–Crippen MR) is 102 cm³/mol. The van der Waals surface area contributed by atoms with Crippen LogP contribution in [0.5, 0.6) is 0 Å². The summed E-state index contributed by atoms with van der Waals surface area (Å²) >= 11 is 1.32. The Morgan fingerprint density at radius 3 is 2.77 bits per heavy atom. The van der Waals surface area contributed by atoms with Gasteiger partial charge in [-0.3, -0.25) is 14.9 Å². The summed E-state index contributed by atoms with van der Waals surface area (Å²) in [5.74, 6) is -0.175. The fourth-order valence-electron chi connectivity index (χ4n) is 2.39. The lowest BCUT2D eigenvalue weighted by molar-refractivity contribution is -0.116. The molecule has 0 radical (unpaired) electrons. The van der Waals surface area contributed by atoms with Crippen molar-refractivity contribution in [3.63, 3.8) is 0 Å². The first kappa shape index (κ1) is 17.9. The van der Waals surface area contributed by atoms with Crippen LogP contribution in [0.4, 0.5) is 10.8 Å². The van der Waals surface area contributed by atoms with E-state index in [1.54, 1.807) is 12.1 Å². The Hall–Kier alpha value is -2.93. The van der Waals surface area contributed by atoms with Gasteiger partial charge in [0.05, 0.1) is 12.0 Å². The van der Waals surface area contributed by atoms with Crippen molar-refractivity contribution in [2.45, 2.75) is 26.7 Å². The molecule has 2 aromatic heterocycles. The number of carbonyl (C=O) groups is 2. The van der Waals surface area contributed by atoms with Gasteiger partial charge in [0, 0.05) is 17.5 Å². The van der Waals surface area contributed by atoms with E-state index in [0.717, 1.165) is 22.5 Å². The number of nitrogens with one attached hydrogen (secondary N) is 2. The Morgan fingerprint density at radius 1 is 1.15 bits per heavy atom. The Balaban J connectivity index is 1.52. The Kier molecular flexibility index (Phi) is 5.48. The summed E-state index contributed by atoms with van der Waals surface area (Å²) in [5.41, 5.74) is 3.80. The van der Waals surface area contributed by atoms with E-state index in [9.17, 15) is 9.59 Å². The molecule has 0 spiro atoms. The number of rotatable bonds is 6. The number of thiazole rings is 1. The summed E-state index contributed by atoms with van der Waals surface area (Å²) < 4.78 is 5.04. The zero-order chi connectivity index (χ0) is 18.5. The first-order valence-corrected chi connectivity index (χ1v) is 9.06. The summed E-state index contributed by atoms with van der Waals surface area (Å²) in [5, 5.41) is 7.93. The van der Waals surface area contributed by atoms with E-state index in [1.165, 1.54) is 17.6 Å². The average Bonchev–Trinajstić information content (AvgIpc) is 3.29. The number of hydrogen-bond donors (Lipinski definition) is 2. The number of aromatic nitrogens is 1. The lowest BCUT2D eigenvalue weighted by atomic mass is 10.1. The molecule has 3 aromatic rings. The second kappa shape index (κ2) is 7.97. The molecule has 0 aliphatic heterocycles. The van der Waals surface area contributed by atoms with Crippen LogP contribution in [0.3, 0.4) is 0 Å². The molecule has 2 amide bonds. The zero-order valence-corrected chi connectivity index (χ0v) is 15.4. The molecule has 6 nitrogen and oxygen atoms in total. The van der Waals surface area contributed by atoms with Crippen molar-refractivity contribution < 1.29 is 14.0 Å². The topological polar surface area (TPSA) is 84.2 Å². The van der Waals surface area contributed by atoms with Crippen LogP contribution in [0.25, 0.3) is 0 Å². The molecule has 7 heteroatoms. The molecule has 1 aromatic carbocycles. The molecule has 0 fully saturated rings. The van der Waals surface area contributed by atoms with Gasteiger partial charge in [-0.05, 0) is 49.6 Å². The zero-order valence-electron chi connectivity index (χ0n) is 14.5. The van der Waals surface area contributed by atoms with Crippen LogP contribution in [-0.2, 0) is 11.2 Å². The molecule has 0 bridgehead atoms. The summed E-state index contributed by atoms with van der Waals surface area (Å²) in [6.45, 7) is 4.00. The van der Waals surface area contributed by atoms with E-state index < -0.39 is 0 Å². The number of benzene rings is 1. The average molecular weight is 369 g/mol. The smallest absolute Gasteiger partial charge is 0.293 e. The number of anilines is 2. The van der Waals surface area contributed by atoms with Crippen LogP contribution in [-0.4, -0.2) is 16.8 Å². The maximum atomic E-state index is 12.2. The molecule has 26 heavy (non-hydrogen) atoms. The van der Waals surface area contributed by atoms with Crippen molar-refractivity contribution in [1.29, 1.82) is 0 Å². The normalized spacial score (nSPS) is 10.5. The molecule has 0 aliphatic rings. The van der Waals surface area contributed by atoms with Crippen LogP contribution in [0.15, 0.2) is 46.4 Å². The fraction of sp³-hybridized carbons (Fsp3) is 0.211.